The first-order valence-corrected chi connectivity index (χ1v) is 5.54. The molecule has 0 saturated carbocycles. The SMILES string of the molecule is CN(CCCNC1CCOC1)CC(F)(F)F. The van der Waals surface area contributed by atoms with Crippen molar-refractivity contribution in [3.05, 3.63) is 0 Å². The van der Waals surface area contributed by atoms with Crippen LogP contribution in [0.5, 0.6) is 0 Å². The zero-order valence-electron chi connectivity index (χ0n) is 9.52. The van der Waals surface area contributed by atoms with Gasteiger partial charge in [-0.25, -0.2) is 0 Å². The molecule has 0 aromatic rings. The lowest BCUT2D eigenvalue weighted by Gasteiger charge is -2.19. The molecule has 96 valence electrons. The van der Waals surface area contributed by atoms with E-state index in [1.807, 2.05) is 0 Å². The van der Waals surface area contributed by atoms with Gasteiger partial charge in [-0.05, 0) is 33.0 Å². The highest BCUT2D eigenvalue weighted by Crippen LogP contribution is 2.15. The van der Waals surface area contributed by atoms with E-state index in [0.29, 0.717) is 12.6 Å². The van der Waals surface area contributed by atoms with Gasteiger partial charge >= 0.3 is 6.18 Å². The smallest absolute Gasteiger partial charge is 0.380 e. The Morgan fingerprint density at radius 1 is 1.44 bits per heavy atom. The van der Waals surface area contributed by atoms with E-state index in [1.165, 1.54) is 11.9 Å². The molecule has 16 heavy (non-hydrogen) atoms. The zero-order valence-corrected chi connectivity index (χ0v) is 9.52. The molecule has 1 atom stereocenters. The predicted octanol–water partition coefficient (Wildman–Crippen LogP) is 1.25. The van der Waals surface area contributed by atoms with E-state index in [0.717, 1.165) is 32.6 Å². The topological polar surface area (TPSA) is 24.5 Å². The molecule has 0 aromatic heterocycles. The molecule has 0 spiro atoms. The highest BCUT2D eigenvalue weighted by molar-refractivity contribution is 4.71. The van der Waals surface area contributed by atoms with E-state index in [4.69, 9.17) is 4.74 Å². The number of alkyl halides is 3. The van der Waals surface area contributed by atoms with Gasteiger partial charge in [0.15, 0.2) is 0 Å². The molecule has 1 unspecified atom stereocenters. The Bertz CT molecular complexity index is 193. The van der Waals surface area contributed by atoms with Gasteiger partial charge in [-0.3, -0.25) is 4.90 Å². The molecule has 0 bridgehead atoms. The first kappa shape index (κ1) is 13.7. The largest absolute Gasteiger partial charge is 0.401 e. The summed E-state index contributed by atoms with van der Waals surface area (Å²) in [4.78, 5) is 1.30. The maximum absolute atomic E-state index is 12.0. The first-order valence-electron chi connectivity index (χ1n) is 5.54. The fourth-order valence-corrected chi connectivity index (χ4v) is 1.74. The van der Waals surface area contributed by atoms with Crippen LogP contribution in [0, 0.1) is 0 Å². The van der Waals surface area contributed by atoms with Crippen molar-refractivity contribution in [2.75, 3.05) is 39.9 Å². The Balaban J connectivity index is 1.97. The molecule has 0 aliphatic carbocycles. The second-order valence-corrected chi connectivity index (χ2v) is 4.22. The van der Waals surface area contributed by atoms with E-state index in [9.17, 15) is 13.2 Å². The molecular formula is C10H19F3N2O. The molecule has 6 heteroatoms. The second-order valence-electron chi connectivity index (χ2n) is 4.22. The van der Waals surface area contributed by atoms with Crippen LogP contribution >= 0.6 is 0 Å². The molecule has 1 rings (SSSR count). The fraction of sp³-hybridized carbons (Fsp3) is 1.00. The monoisotopic (exact) mass is 240 g/mol. The van der Waals surface area contributed by atoms with Crippen LogP contribution < -0.4 is 5.32 Å². The number of hydrogen-bond acceptors (Lipinski definition) is 3. The number of halogens is 3. The molecule has 1 heterocycles. The van der Waals surface area contributed by atoms with Crippen LogP contribution in [0.4, 0.5) is 13.2 Å². The lowest BCUT2D eigenvalue weighted by molar-refractivity contribution is -0.143. The summed E-state index contributed by atoms with van der Waals surface area (Å²) in [6.07, 6.45) is -2.37. The quantitative estimate of drug-likeness (QED) is 0.707. The second kappa shape index (κ2) is 6.42. The summed E-state index contributed by atoms with van der Waals surface area (Å²) < 4.78 is 41.1. The van der Waals surface area contributed by atoms with Crippen molar-refractivity contribution >= 4 is 0 Å². The maximum atomic E-state index is 12.0. The van der Waals surface area contributed by atoms with E-state index < -0.39 is 12.7 Å². The summed E-state index contributed by atoms with van der Waals surface area (Å²) in [5, 5.41) is 3.27. The Morgan fingerprint density at radius 3 is 2.75 bits per heavy atom. The fourth-order valence-electron chi connectivity index (χ4n) is 1.74. The number of ether oxygens (including phenoxy) is 1. The Kier molecular flexibility index (Phi) is 5.51. The normalized spacial score (nSPS) is 21.9. The van der Waals surface area contributed by atoms with Gasteiger partial charge in [0, 0.05) is 12.6 Å². The standard InChI is InChI=1S/C10H19F3N2O/c1-15(8-10(11,12)13)5-2-4-14-9-3-6-16-7-9/h9,14H,2-8H2,1H3. The molecule has 0 amide bonds. The van der Waals surface area contributed by atoms with E-state index in [1.54, 1.807) is 0 Å². The van der Waals surface area contributed by atoms with Gasteiger partial charge in [0.2, 0.25) is 0 Å². The van der Waals surface area contributed by atoms with Crippen LogP contribution in [0.2, 0.25) is 0 Å². The minimum Gasteiger partial charge on any atom is -0.380 e. The summed E-state index contributed by atoms with van der Waals surface area (Å²) in [6.45, 7) is 1.87. The van der Waals surface area contributed by atoms with Gasteiger partial charge in [-0.15, -0.1) is 0 Å². The average molecular weight is 240 g/mol. The molecular weight excluding hydrogens is 221 g/mol. The molecule has 1 fully saturated rings. The molecule has 1 aliphatic heterocycles. The van der Waals surface area contributed by atoms with E-state index in [-0.39, 0.29) is 0 Å². The molecule has 0 aromatic carbocycles. The first-order chi connectivity index (χ1) is 7.47. The summed E-state index contributed by atoms with van der Waals surface area (Å²) in [7, 11) is 1.49. The number of nitrogens with one attached hydrogen (secondary N) is 1. The third kappa shape index (κ3) is 6.30. The van der Waals surface area contributed by atoms with Gasteiger partial charge in [0.1, 0.15) is 0 Å². The molecule has 1 aliphatic rings. The lowest BCUT2D eigenvalue weighted by Crippen LogP contribution is -2.35. The van der Waals surface area contributed by atoms with Crippen LogP contribution in [0.15, 0.2) is 0 Å². The summed E-state index contributed by atoms with van der Waals surface area (Å²) in [5.74, 6) is 0. The molecule has 1 saturated heterocycles. The van der Waals surface area contributed by atoms with Crippen molar-refractivity contribution in [1.29, 1.82) is 0 Å². The van der Waals surface area contributed by atoms with Crippen molar-refractivity contribution in [1.82, 2.24) is 10.2 Å². The predicted molar refractivity (Wildman–Crippen MR) is 55.4 cm³/mol. The van der Waals surface area contributed by atoms with E-state index in [2.05, 4.69) is 5.32 Å². The Hall–Kier alpha value is -0.330. The number of hydrogen-bond donors (Lipinski definition) is 1. The minimum absolute atomic E-state index is 0.382. The highest BCUT2D eigenvalue weighted by Gasteiger charge is 2.28. The van der Waals surface area contributed by atoms with Crippen molar-refractivity contribution < 1.29 is 17.9 Å². The van der Waals surface area contributed by atoms with Gasteiger partial charge < -0.3 is 10.1 Å². The van der Waals surface area contributed by atoms with Gasteiger partial charge in [-0.1, -0.05) is 0 Å². The summed E-state index contributed by atoms with van der Waals surface area (Å²) in [6, 6.07) is 0.382. The maximum Gasteiger partial charge on any atom is 0.401 e. The van der Waals surface area contributed by atoms with Gasteiger partial charge in [-0.2, -0.15) is 13.2 Å². The van der Waals surface area contributed by atoms with Crippen LogP contribution in [0.3, 0.4) is 0 Å². The zero-order chi connectivity index (χ0) is 12.0. The third-order valence-corrected chi connectivity index (χ3v) is 2.53. The number of rotatable bonds is 6. The van der Waals surface area contributed by atoms with Crippen molar-refractivity contribution in [2.24, 2.45) is 0 Å². The van der Waals surface area contributed by atoms with Crippen molar-refractivity contribution in [3.8, 4) is 0 Å². The average Bonchev–Trinajstić information content (AvgIpc) is 2.62. The molecule has 1 N–H and O–H groups in total. The van der Waals surface area contributed by atoms with Crippen molar-refractivity contribution in [2.45, 2.75) is 25.1 Å². The van der Waals surface area contributed by atoms with Gasteiger partial charge in [0.05, 0.1) is 13.2 Å². The summed E-state index contributed by atoms with van der Waals surface area (Å²) in [5.41, 5.74) is 0. The lowest BCUT2D eigenvalue weighted by atomic mass is 10.2. The van der Waals surface area contributed by atoms with Crippen LogP contribution in [0.1, 0.15) is 12.8 Å². The minimum atomic E-state index is -4.10. The summed E-state index contributed by atoms with van der Waals surface area (Å²) >= 11 is 0. The number of nitrogens with zero attached hydrogens (tertiary/aromatic N) is 1. The molecule has 0 radical (unpaired) electrons. The Labute approximate surface area is 93.9 Å². The van der Waals surface area contributed by atoms with Crippen LogP contribution in [-0.2, 0) is 4.74 Å². The van der Waals surface area contributed by atoms with Crippen molar-refractivity contribution in [3.63, 3.8) is 0 Å². The molecule has 3 nitrogen and oxygen atoms in total. The van der Waals surface area contributed by atoms with Crippen LogP contribution in [-0.4, -0.2) is 57.0 Å². The third-order valence-electron chi connectivity index (χ3n) is 2.53. The Morgan fingerprint density at radius 2 is 2.19 bits per heavy atom. The van der Waals surface area contributed by atoms with E-state index >= 15 is 0 Å². The highest BCUT2D eigenvalue weighted by atomic mass is 19.4. The van der Waals surface area contributed by atoms with Gasteiger partial charge in [0.25, 0.3) is 0 Å². The van der Waals surface area contributed by atoms with Crippen LogP contribution in [0.25, 0.3) is 0 Å².